The van der Waals surface area contributed by atoms with Crippen LogP contribution in [0.25, 0.3) is 11.3 Å². The van der Waals surface area contributed by atoms with Gasteiger partial charge in [0.15, 0.2) is 0 Å². The SMILES string of the molecule is CCCN(C)Cc1c[nH]nc1-c1ccc(Oc2ccccc2)cc1. The predicted octanol–water partition coefficient (Wildman–Crippen LogP) is 4.71. The number of para-hydroxylation sites is 1. The van der Waals surface area contributed by atoms with Crippen molar-refractivity contribution in [3.05, 3.63) is 66.4 Å². The van der Waals surface area contributed by atoms with Gasteiger partial charge in [0, 0.05) is 23.9 Å². The van der Waals surface area contributed by atoms with Gasteiger partial charge in [-0.25, -0.2) is 0 Å². The summed E-state index contributed by atoms with van der Waals surface area (Å²) in [6.07, 6.45) is 3.13. The van der Waals surface area contributed by atoms with E-state index in [2.05, 4.69) is 41.2 Å². The van der Waals surface area contributed by atoms with E-state index in [-0.39, 0.29) is 0 Å². The lowest BCUT2D eigenvalue weighted by molar-refractivity contribution is 0.328. The fourth-order valence-corrected chi connectivity index (χ4v) is 2.74. The first kappa shape index (κ1) is 16.3. The van der Waals surface area contributed by atoms with Gasteiger partial charge >= 0.3 is 0 Å². The molecule has 0 spiro atoms. The molecule has 0 fully saturated rings. The van der Waals surface area contributed by atoms with Gasteiger partial charge in [-0.1, -0.05) is 25.1 Å². The quantitative estimate of drug-likeness (QED) is 0.685. The third-order valence-corrected chi connectivity index (χ3v) is 3.87. The van der Waals surface area contributed by atoms with Crippen LogP contribution in [0.2, 0.25) is 0 Å². The molecule has 0 amide bonds. The van der Waals surface area contributed by atoms with Gasteiger partial charge < -0.3 is 9.64 Å². The molecule has 1 N–H and O–H groups in total. The third kappa shape index (κ3) is 4.03. The van der Waals surface area contributed by atoms with Crippen LogP contribution in [0.5, 0.6) is 11.5 Å². The van der Waals surface area contributed by atoms with Crippen LogP contribution in [-0.4, -0.2) is 28.7 Å². The first-order valence-corrected chi connectivity index (χ1v) is 8.31. The zero-order valence-electron chi connectivity index (χ0n) is 14.2. The lowest BCUT2D eigenvalue weighted by Crippen LogP contribution is -2.18. The topological polar surface area (TPSA) is 41.2 Å². The molecule has 124 valence electrons. The lowest BCUT2D eigenvalue weighted by atomic mass is 10.1. The number of hydrogen-bond acceptors (Lipinski definition) is 3. The average Bonchev–Trinajstić information content (AvgIpc) is 3.05. The summed E-state index contributed by atoms with van der Waals surface area (Å²) >= 11 is 0. The van der Waals surface area contributed by atoms with E-state index in [0.717, 1.165) is 42.3 Å². The van der Waals surface area contributed by atoms with E-state index < -0.39 is 0 Å². The number of aromatic nitrogens is 2. The first-order chi connectivity index (χ1) is 11.8. The van der Waals surface area contributed by atoms with Crippen molar-refractivity contribution < 1.29 is 4.74 Å². The predicted molar refractivity (Wildman–Crippen MR) is 97.2 cm³/mol. The van der Waals surface area contributed by atoms with Gasteiger partial charge in [-0.2, -0.15) is 5.10 Å². The largest absolute Gasteiger partial charge is 0.457 e. The van der Waals surface area contributed by atoms with Gasteiger partial charge in [0.2, 0.25) is 0 Å². The molecule has 0 aliphatic carbocycles. The molecule has 0 atom stereocenters. The highest BCUT2D eigenvalue weighted by Gasteiger charge is 2.10. The number of aromatic amines is 1. The van der Waals surface area contributed by atoms with Crippen molar-refractivity contribution in [3.63, 3.8) is 0 Å². The molecule has 0 radical (unpaired) electrons. The molecule has 4 heteroatoms. The first-order valence-electron chi connectivity index (χ1n) is 8.31. The fourth-order valence-electron chi connectivity index (χ4n) is 2.74. The van der Waals surface area contributed by atoms with E-state index in [1.807, 2.05) is 48.7 Å². The minimum absolute atomic E-state index is 0.824. The van der Waals surface area contributed by atoms with Crippen molar-refractivity contribution in [1.29, 1.82) is 0 Å². The van der Waals surface area contributed by atoms with E-state index in [4.69, 9.17) is 4.74 Å². The van der Waals surface area contributed by atoms with Gasteiger partial charge in [0.05, 0.1) is 5.69 Å². The maximum absolute atomic E-state index is 5.84. The van der Waals surface area contributed by atoms with E-state index in [9.17, 15) is 0 Å². The van der Waals surface area contributed by atoms with Gasteiger partial charge in [-0.3, -0.25) is 5.10 Å². The van der Waals surface area contributed by atoms with E-state index >= 15 is 0 Å². The van der Waals surface area contributed by atoms with Crippen molar-refractivity contribution in [3.8, 4) is 22.8 Å². The van der Waals surface area contributed by atoms with Crippen molar-refractivity contribution in [2.45, 2.75) is 19.9 Å². The van der Waals surface area contributed by atoms with Crippen molar-refractivity contribution in [2.24, 2.45) is 0 Å². The standard InChI is InChI=1S/C20H23N3O/c1-3-13-23(2)15-17-14-21-22-20(17)16-9-11-19(12-10-16)24-18-7-5-4-6-8-18/h4-12,14H,3,13,15H2,1-2H3,(H,21,22). The summed E-state index contributed by atoms with van der Waals surface area (Å²) < 4.78 is 5.84. The number of nitrogens with one attached hydrogen (secondary N) is 1. The number of hydrogen-bond donors (Lipinski definition) is 1. The van der Waals surface area contributed by atoms with Gasteiger partial charge in [0.25, 0.3) is 0 Å². The van der Waals surface area contributed by atoms with Gasteiger partial charge in [-0.15, -0.1) is 0 Å². The Labute approximate surface area is 143 Å². The Morgan fingerprint density at radius 2 is 1.71 bits per heavy atom. The Bertz CT molecular complexity index is 750. The van der Waals surface area contributed by atoms with Crippen LogP contribution < -0.4 is 4.74 Å². The molecule has 3 aromatic rings. The number of rotatable bonds is 7. The molecule has 24 heavy (non-hydrogen) atoms. The van der Waals surface area contributed by atoms with Crippen LogP contribution in [0, 0.1) is 0 Å². The molecule has 1 aromatic heterocycles. The second kappa shape index (κ2) is 7.79. The Kier molecular flexibility index (Phi) is 5.29. The minimum atomic E-state index is 0.824. The van der Waals surface area contributed by atoms with Crippen LogP contribution in [0.1, 0.15) is 18.9 Å². The summed E-state index contributed by atoms with van der Waals surface area (Å²) in [6.45, 7) is 4.16. The molecule has 1 heterocycles. The van der Waals surface area contributed by atoms with Crippen molar-refractivity contribution in [2.75, 3.05) is 13.6 Å². The van der Waals surface area contributed by atoms with Crippen LogP contribution in [0.15, 0.2) is 60.8 Å². The van der Waals surface area contributed by atoms with Crippen LogP contribution >= 0.6 is 0 Å². The molecule has 0 unspecified atom stereocenters. The minimum Gasteiger partial charge on any atom is -0.457 e. The summed E-state index contributed by atoms with van der Waals surface area (Å²) in [5.74, 6) is 1.66. The molecule has 0 saturated heterocycles. The highest BCUT2D eigenvalue weighted by atomic mass is 16.5. The number of ether oxygens (including phenoxy) is 1. The second-order valence-electron chi connectivity index (χ2n) is 5.94. The monoisotopic (exact) mass is 321 g/mol. The molecule has 4 nitrogen and oxygen atoms in total. The second-order valence-corrected chi connectivity index (χ2v) is 5.94. The number of H-pyrrole nitrogens is 1. The summed E-state index contributed by atoms with van der Waals surface area (Å²) in [5, 5.41) is 7.41. The van der Waals surface area contributed by atoms with Crippen LogP contribution in [0.4, 0.5) is 0 Å². The zero-order valence-corrected chi connectivity index (χ0v) is 14.2. The smallest absolute Gasteiger partial charge is 0.127 e. The summed E-state index contributed by atoms with van der Waals surface area (Å²) in [7, 11) is 2.14. The molecule has 0 aliphatic rings. The normalized spacial score (nSPS) is 11.0. The summed E-state index contributed by atoms with van der Waals surface area (Å²) in [5.41, 5.74) is 3.31. The fraction of sp³-hybridized carbons (Fsp3) is 0.250. The Hall–Kier alpha value is -2.59. The zero-order chi connectivity index (χ0) is 16.8. The molecule has 0 aliphatic heterocycles. The maximum Gasteiger partial charge on any atom is 0.127 e. The third-order valence-electron chi connectivity index (χ3n) is 3.87. The molecule has 0 bridgehead atoms. The number of nitrogens with zero attached hydrogens (tertiary/aromatic N) is 2. The molecular weight excluding hydrogens is 298 g/mol. The van der Waals surface area contributed by atoms with E-state index in [0.29, 0.717) is 0 Å². The highest BCUT2D eigenvalue weighted by Crippen LogP contribution is 2.27. The molecule has 0 saturated carbocycles. The van der Waals surface area contributed by atoms with Crippen molar-refractivity contribution >= 4 is 0 Å². The Morgan fingerprint density at radius 1 is 1.00 bits per heavy atom. The summed E-state index contributed by atoms with van der Waals surface area (Å²) in [4.78, 5) is 2.31. The van der Waals surface area contributed by atoms with Crippen LogP contribution in [-0.2, 0) is 6.54 Å². The highest BCUT2D eigenvalue weighted by molar-refractivity contribution is 5.63. The van der Waals surface area contributed by atoms with Gasteiger partial charge in [0.1, 0.15) is 11.5 Å². The van der Waals surface area contributed by atoms with E-state index in [1.165, 1.54) is 5.56 Å². The molecule has 3 rings (SSSR count). The molecule has 2 aromatic carbocycles. The average molecular weight is 321 g/mol. The van der Waals surface area contributed by atoms with Crippen LogP contribution in [0.3, 0.4) is 0 Å². The van der Waals surface area contributed by atoms with Gasteiger partial charge in [-0.05, 0) is 56.4 Å². The number of benzene rings is 2. The van der Waals surface area contributed by atoms with E-state index in [1.54, 1.807) is 0 Å². The Morgan fingerprint density at radius 3 is 2.42 bits per heavy atom. The Balaban J connectivity index is 1.73. The molecular formula is C20H23N3O. The van der Waals surface area contributed by atoms with Crippen molar-refractivity contribution in [1.82, 2.24) is 15.1 Å². The lowest BCUT2D eigenvalue weighted by Gasteiger charge is -2.15. The summed E-state index contributed by atoms with van der Waals surface area (Å²) in [6, 6.07) is 17.9. The maximum atomic E-state index is 5.84.